The van der Waals surface area contributed by atoms with Gasteiger partial charge >= 0.3 is 11.8 Å². The topological polar surface area (TPSA) is 97.1 Å². The van der Waals surface area contributed by atoms with Crippen LogP contribution >= 0.6 is 0 Å². The second kappa shape index (κ2) is 7.39. The number of nitrogens with one attached hydrogen (secondary N) is 2. The van der Waals surface area contributed by atoms with Gasteiger partial charge in [0.2, 0.25) is 11.8 Å². The van der Waals surface area contributed by atoms with Crippen LogP contribution in [-0.4, -0.2) is 22.0 Å². The Labute approximate surface area is 144 Å². The molecule has 7 heteroatoms. The van der Waals surface area contributed by atoms with E-state index < -0.39 is 11.8 Å². The molecule has 25 heavy (non-hydrogen) atoms. The maximum Gasteiger partial charge on any atom is 0.313 e. The first kappa shape index (κ1) is 16.4. The van der Waals surface area contributed by atoms with E-state index in [9.17, 15) is 9.59 Å². The van der Waals surface area contributed by atoms with Crippen molar-refractivity contribution in [3.8, 4) is 11.5 Å². The summed E-state index contributed by atoms with van der Waals surface area (Å²) in [5, 5.41) is 12.8. The predicted molar refractivity (Wildman–Crippen MR) is 91.4 cm³/mol. The quantitative estimate of drug-likeness (QED) is 0.713. The van der Waals surface area contributed by atoms with E-state index in [0.717, 1.165) is 11.1 Å². The molecule has 0 spiro atoms. The van der Waals surface area contributed by atoms with Crippen LogP contribution in [0.15, 0.2) is 59.0 Å². The minimum absolute atomic E-state index is 0.294. The molecule has 0 atom stereocenters. The van der Waals surface area contributed by atoms with Gasteiger partial charge in [0, 0.05) is 24.7 Å². The van der Waals surface area contributed by atoms with Crippen LogP contribution in [0.2, 0.25) is 0 Å². The highest BCUT2D eigenvalue weighted by Crippen LogP contribution is 2.19. The number of benzene rings is 2. The minimum atomic E-state index is -0.725. The summed E-state index contributed by atoms with van der Waals surface area (Å²) >= 11 is 0. The van der Waals surface area contributed by atoms with Gasteiger partial charge in [-0.05, 0) is 29.8 Å². The standard InChI is InChI=1S/C18H16N4O3/c1-12-21-22-18(25-12)14-7-9-15(10-8-14)20-17(24)16(23)19-11-13-5-3-2-4-6-13/h2-10H,11H2,1H3,(H,19,23)(H,20,24). The molecule has 3 aromatic rings. The molecule has 3 rings (SSSR count). The van der Waals surface area contributed by atoms with E-state index in [2.05, 4.69) is 20.8 Å². The van der Waals surface area contributed by atoms with E-state index in [-0.39, 0.29) is 0 Å². The maximum atomic E-state index is 11.9. The monoisotopic (exact) mass is 336 g/mol. The number of hydrogen-bond donors (Lipinski definition) is 2. The summed E-state index contributed by atoms with van der Waals surface area (Å²) in [5.74, 6) is -0.545. The number of rotatable bonds is 4. The second-order valence-electron chi connectivity index (χ2n) is 5.33. The number of aromatic nitrogens is 2. The smallest absolute Gasteiger partial charge is 0.313 e. The van der Waals surface area contributed by atoms with Gasteiger partial charge in [0.15, 0.2) is 0 Å². The molecule has 0 aliphatic heterocycles. The van der Waals surface area contributed by atoms with Crippen molar-refractivity contribution in [2.75, 3.05) is 5.32 Å². The summed E-state index contributed by atoms with van der Waals surface area (Å²) in [6.07, 6.45) is 0. The zero-order valence-corrected chi connectivity index (χ0v) is 13.5. The molecule has 0 saturated carbocycles. The first-order valence-electron chi connectivity index (χ1n) is 7.65. The summed E-state index contributed by atoms with van der Waals surface area (Å²) in [4.78, 5) is 23.8. The van der Waals surface area contributed by atoms with Crippen LogP contribution in [-0.2, 0) is 16.1 Å². The van der Waals surface area contributed by atoms with Gasteiger partial charge in [0.25, 0.3) is 0 Å². The molecule has 0 unspecified atom stereocenters. The predicted octanol–water partition coefficient (Wildman–Crippen LogP) is 2.30. The zero-order valence-electron chi connectivity index (χ0n) is 13.5. The lowest BCUT2D eigenvalue weighted by atomic mass is 10.2. The Morgan fingerprint density at radius 3 is 2.32 bits per heavy atom. The fourth-order valence-corrected chi connectivity index (χ4v) is 2.16. The number of amides is 2. The van der Waals surface area contributed by atoms with Crippen molar-refractivity contribution in [2.45, 2.75) is 13.5 Å². The zero-order chi connectivity index (χ0) is 17.6. The molecule has 0 aliphatic carbocycles. The van der Waals surface area contributed by atoms with Gasteiger partial charge in [0.05, 0.1) is 0 Å². The number of hydrogen-bond acceptors (Lipinski definition) is 5. The molecule has 126 valence electrons. The third-order valence-corrected chi connectivity index (χ3v) is 3.42. The fraction of sp³-hybridized carbons (Fsp3) is 0.111. The number of anilines is 1. The van der Waals surface area contributed by atoms with E-state index in [1.165, 1.54) is 0 Å². The van der Waals surface area contributed by atoms with Gasteiger partial charge in [-0.25, -0.2) is 0 Å². The van der Waals surface area contributed by atoms with Crippen LogP contribution in [0.4, 0.5) is 5.69 Å². The van der Waals surface area contributed by atoms with Crippen molar-refractivity contribution in [1.82, 2.24) is 15.5 Å². The summed E-state index contributed by atoms with van der Waals surface area (Å²) in [6.45, 7) is 2.00. The van der Waals surface area contributed by atoms with Crippen LogP contribution in [0.3, 0.4) is 0 Å². The number of aryl methyl sites for hydroxylation is 1. The maximum absolute atomic E-state index is 11.9. The van der Waals surface area contributed by atoms with Crippen LogP contribution in [0.5, 0.6) is 0 Å². The van der Waals surface area contributed by atoms with Crippen molar-refractivity contribution >= 4 is 17.5 Å². The first-order valence-corrected chi connectivity index (χ1v) is 7.65. The highest BCUT2D eigenvalue weighted by atomic mass is 16.4. The third kappa shape index (κ3) is 4.29. The second-order valence-corrected chi connectivity index (χ2v) is 5.33. The van der Waals surface area contributed by atoms with Crippen LogP contribution in [0.25, 0.3) is 11.5 Å². The van der Waals surface area contributed by atoms with Crippen molar-refractivity contribution in [3.63, 3.8) is 0 Å². The Morgan fingerprint density at radius 2 is 1.68 bits per heavy atom. The molecule has 2 aromatic carbocycles. The highest BCUT2D eigenvalue weighted by Gasteiger charge is 2.13. The molecule has 1 aromatic heterocycles. The van der Waals surface area contributed by atoms with E-state index >= 15 is 0 Å². The van der Waals surface area contributed by atoms with Crippen LogP contribution in [0.1, 0.15) is 11.5 Å². The minimum Gasteiger partial charge on any atom is -0.421 e. The molecule has 0 radical (unpaired) electrons. The summed E-state index contributed by atoms with van der Waals surface area (Å²) in [6, 6.07) is 16.1. The Hall–Kier alpha value is -3.48. The lowest BCUT2D eigenvalue weighted by Gasteiger charge is -2.07. The Morgan fingerprint density at radius 1 is 0.960 bits per heavy atom. The van der Waals surface area contributed by atoms with Gasteiger partial charge in [-0.3, -0.25) is 9.59 Å². The van der Waals surface area contributed by atoms with Gasteiger partial charge in [0.1, 0.15) is 0 Å². The van der Waals surface area contributed by atoms with Gasteiger partial charge in [-0.15, -0.1) is 10.2 Å². The molecule has 2 N–H and O–H groups in total. The van der Waals surface area contributed by atoms with E-state index in [1.54, 1.807) is 31.2 Å². The summed E-state index contributed by atoms with van der Waals surface area (Å²) in [7, 11) is 0. The van der Waals surface area contributed by atoms with Crippen LogP contribution < -0.4 is 10.6 Å². The van der Waals surface area contributed by atoms with E-state index in [4.69, 9.17) is 4.42 Å². The SMILES string of the molecule is Cc1nnc(-c2ccc(NC(=O)C(=O)NCc3ccccc3)cc2)o1. The van der Waals surface area contributed by atoms with Crippen LogP contribution in [0, 0.1) is 6.92 Å². The van der Waals surface area contributed by atoms with E-state index in [0.29, 0.717) is 24.0 Å². The molecule has 0 saturated heterocycles. The third-order valence-electron chi connectivity index (χ3n) is 3.42. The van der Waals surface area contributed by atoms with Gasteiger partial charge < -0.3 is 15.1 Å². The Balaban J connectivity index is 1.56. The highest BCUT2D eigenvalue weighted by molar-refractivity contribution is 6.39. The van der Waals surface area contributed by atoms with Crippen molar-refractivity contribution in [2.24, 2.45) is 0 Å². The number of carbonyl (C=O) groups is 2. The Bertz CT molecular complexity index is 873. The summed E-state index contributed by atoms with van der Waals surface area (Å²) in [5.41, 5.74) is 2.15. The molecular formula is C18H16N4O3. The molecular weight excluding hydrogens is 320 g/mol. The first-order chi connectivity index (χ1) is 12.1. The van der Waals surface area contributed by atoms with Gasteiger partial charge in [-0.1, -0.05) is 30.3 Å². The Kier molecular flexibility index (Phi) is 4.84. The van der Waals surface area contributed by atoms with Crippen molar-refractivity contribution in [1.29, 1.82) is 0 Å². The molecule has 0 aliphatic rings. The molecule has 1 heterocycles. The normalized spacial score (nSPS) is 10.3. The summed E-state index contributed by atoms with van der Waals surface area (Å²) < 4.78 is 5.33. The number of carbonyl (C=O) groups excluding carboxylic acids is 2. The molecule has 7 nitrogen and oxygen atoms in total. The largest absolute Gasteiger partial charge is 0.421 e. The number of nitrogens with zero attached hydrogens (tertiary/aromatic N) is 2. The van der Waals surface area contributed by atoms with Gasteiger partial charge in [-0.2, -0.15) is 0 Å². The molecule has 0 bridgehead atoms. The average molecular weight is 336 g/mol. The average Bonchev–Trinajstić information content (AvgIpc) is 3.07. The lowest BCUT2D eigenvalue weighted by molar-refractivity contribution is -0.136. The lowest BCUT2D eigenvalue weighted by Crippen LogP contribution is -2.34. The van der Waals surface area contributed by atoms with E-state index in [1.807, 2.05) is 30.3 Å². The molecule has 2 amide bonds. The molecule has 0 fully saturated rings. The van der Waals surface area contributed by atoms with Crippen molar-refractivity contribution < 1.29 is 14.0 Å². The van der Waals surface area contributed by atoms with Crippen molar-refractivity contribution in [3.05, 3.63) is 66.1 Å². The fourth-order valence-electron chi connectivity index (χ4n) is 2.16.